The number of Topliss-reactive ketones (excluding diaryl/α,β-unsaturated/α-hetero) is 1. The highest BCUT2D eigenvalue weighted by Gasteiger charge is 2.07. The lowest BCUT2D eigenvalue weighted by Crippen LogP contribution is -2.01. The minimum atomic E-state index is -0.377. The van der Waals surface area contributed by atoms with Gasteiger partial charge < -0.3 is 0 Å². The van der Waals surface area contributed by atoms with Crippen molar-refractivity contribution < 1.29 is 9.18 Å². The molecule has 4 heteroatoms. The summed E-state index contributed by atoms with van der Waals surface area (Å²) in [7, 11) is 0. The minimum absolute atomic E-state index is 0.0293. The lowest BCUT2D eigenvalue weighted by atomic mass is 10.0. The van der Waals surface area contributed by atoms with E-state index in [0.29, 0.717) is 23.4 Å². The van der Waals surface area contributed by atoms with Gasteiger partial charge in [0.15, 0.2) is 5.78 Å². The van der Waals surface area contributed by atoms with Gasteiger partial charge in [0.05, 0.1) is 0 Å². The summed E-state index contributed by atoms with van der Waals surface area (Å²) in [6.07, 6.45) is 0.805. The largest absolute Gasteiger partial charge is 0.294 e. The van der Waals surface area contributed by atoms with Crippen LogP contribution < -0.4 is 0 Å². The highest BCUT2D eigenvalue weighted by Crippen LogP contribution is 2.17. The maximum Gasteiger partial charge on any atom is 0.163 e. The second kappa shape index (κ2) is 6.31. The van der Waals surface area contributed by atoms with Crippen molar-refractivity contribution in [2.75, 3.05) is 0 Å². The van der Waals surface area contributed by atoms with Gasteiger partial charge in [-0.1, -0.05) is 39.7 Å². The van der Waals surface area contributed by atoms with E-state index in [1.165, 1.54) is 12.1 Å². The fraction of sp³-hybridized carbons (Fsp3) is 0.133. The molecule has 0 aliphatic heterocycles. The van der Waals surface area contributed by atoms with Crippen LogP contribution in [0.5, 0.6) is 0 Å². The molecular formula is C15H11BrClFO. The third-order valence-corrected chi connectivity index (χ3v) is 3.42. The first-order chi connectivity index (χ1) is 9.04. The Kier molecular flexibility index (Phi) is 4.72. The van der Waals surface area contributed by atoms with Gasteiger partial charge >= 0.3 is 0 Å². The molecule has 0 aliphatic rings. The van der Waals surface area contributed by atoms with E-state index in [2.05, 4.69) is 15.9 Å². The molecular weight excluding hydrogens is 331 g/mol. The van der Waals surface area contributed by atoms with Crippen molar-refractivity contribution in [1.29, 1.82) is 0 Å². The molecule has 0 N–H and O–H groups in total. The van der Waals surface area contributed by atoms with E-state index in [4.69, 9.17) is 11.6 Å². The van der Waals surface area contributed by atoms with Gasteiger partial charge in [-0.25, -0.2) is 4.39 Å². The molecule has 2 aromatic rings. The van der Waals surface area contributed by atoms with Crippen molar-refractivity contribution in [1.82, 2.24) is 0 Å². The predicted octanol–water partition coefficient (Wildman–Crippen LogP) is 5.06. The molecule has 0 saturated carbocycles. The van der Waals surface area contributed by atoms with E-state index in [9.17, 15) is 9.18 Å². The van der Waals surface area contributed by atoms with Crippen LogP contribution in [-0.4, -0.2) is 5.78 Å². The Balaban J connectivity index is 2.04. The normalized spacial score (nSPS) is 10.5. The number of hydrogen-bond acceptors (Lipinski definition) is 1. The zero-order chi connectivity index (χ0) is 13.8. The first kappa shape index (κ1) is 14.2. The van der Waals surface area contributed by atoms with E-state index in [-0.39, 0.29) is 11.6 Å². The third kappa shape index (κ3) is 4.15. The van der Waals surface area contributed by atoms with Crippen LogP contribution >= 0.6 is 27.5 Å². The topological polar surface area (TPSA) is 17.1 Å². The summed E-state index contributed by atoms with van der Waals surface area (Å²) in [5, 5.41) is 0.352. The van der Waals surface area contributed by atoms with E-state index < -0.39 is 0 Å². The van der Waals surface area contributed by atoms with Crippen molar-refractivity contribution in [3.8, 4) is 0 Å². The van der Waals surface area contributed by atoms with Gasteiger partial charge in [-0.05, 0) is 42.3 Å². The lowest BCUT2D eigenvalue weighted by Gasteiger charge is -2.03. The fourth-order valence-electron chi connectivity index (χ4n) is 1.82. The number of carbonyl (C=O) groups is 1. The molecule has 0 bridgehead atoms. The number of halogens is 3. The summed E-state index contributed by atoms with van der Waals surface area (Å²) < 4.78 is 14.0. The molecule has 0 saturated heterocycles. The number of benzene rings is 2. The van der Waals surface area contributed by atoms with Gasteiger partial charge in [0.2, 0.25) is 0 Å². The lowest BCUT2D eigenvalue weighted by molar-refractivity contribution is 0.0982. The second-order valence-corrected chi connectivity index (χ2v) is 5.56. The van der Waals surface area contributed by atoms with Crippen LogP contribution in [0.1, 0.15) is 22.3 Å². The maximum absolute atomic E-state index is 13.2. The average molecular weight is 342 g/mol. The molecule has 98 valence electrons. The predicted molar refractivity (Wildman–Crippen MR) is 78.2 cm³/mol. The monoisotopic (exact) mass is 340 g/mol. The van der Waals surface area contributed by atoms with Gasteiger partial charge in [0.25, 0.3) is 0 Å². The molecule has 0 aliphatic carbocycles. The highest BCUT2D eigenvalue weighted by molar-refractivity contribution is 9.10. The first-order valence-corrected chi connectivity index (χ1v) is 6.95. The SMILES string of the molecule is O=C(CCc1cc(F)cc(Cl)c1)c1cccc(Br)c1. The van der Waals surface area contributed by atoms with Crippen LogP contribution in [0.15, 0.2) is 46.9 Å². The number of aryl methyl sites for hydroxylation is 1. The molecule has 2 rings (SSSR count). The Morgan fingerprint density at radius 3 is 2.68 bits per heavy atom. The number of hydrogen-bond donors (Lipinski definition) is 0. The Morgan fingerprint density at radius 1 is 1.21 bits per heavy atom. The minimum Gasteiger partial charge on any atom is -0.294 e. The van der Waals surface area contributed by atoms with Crippen LogP contribution in [0.3, 0.4) is 0 Å². The molecule has 2 aromatic carbocycles. The standard InChI is InChI=1S/C15H11BrClFO/c16-12-3-1-2-11(8-12)15(19)5-4-10-6-13(17)9-14(18)7-10/h1-3,6-9H,4-5H2. The Bertz CT molecular complexity index is 593. The van der Waals surface area contributed by atoms with Crippen molar-refractivity contribution in [3.63, 3.8) is 0 Å². The summed E-state index contributed by atoms with van der Waals surface area (Å²) >= 11 is 9.10. The van der Waals surface area contributed by atoms with Crippen LogP contribution in [0.4, 0.5) is 4.39 Å². The van der Waals surface area contributed by atoms with E-state index in [1.54, 1.807) is 18.2 Å². The number of rotatable bonds is 4. The summed E-state index contributed by atoms with van der Waals surface area (Å²) in [6, 6.07) is 11.6. The summed E-state index contributed by atoms with van der Waals surface area (Å²) in [4.78, 5) is 12.0. The Labute approximate surface area is 124 Å². The van der Waals surface area contributed by atoms with Gasteiger partial charge in [-0.3, -0.25) is 4.79 Å². The van der Waals surface area contributed by atoms with Crippen LogP contribution in [0, 0.1) is 5.82 Å². The maximum atomic E-state index is 13.2. The van der Waals surface area contributed by atoms with Crippen molar-refractivity contribution in [2.24, 2.45) is 0 Å². The van der Waals surface area contributed by atoms with Crippen LogP contribution in [0.25, 0.3) is 0 Å². The van der Waals surface area contributed by atoms with E-state index in [0.717, 1.165) is 10.0 Å². The van der Waals surface area contributed by atoms with E-state index in [1.807, 2.05) is 12.1 Å². The molecule has 0 unspecified atom stereocenters. The van der Waals surface area contributed by atoms with Crippen molar-refractivity contribution in [2.45, 2.75) is 12.8 Å². The molecule has 0 aromatic heterocycles. The molecule has 1 nitrogen and oxygen atoms in total. The molecule has 19 heavy (non-hydrogen) atoms. The Hall–Kier alpha value is -1.19. The Morgan fingerprint density at radius 2 is 2.00 bits per heavy atom. The van der Waals surface area contributed by atoms with Gasteiger partial charge in [-0.15, -0.1) is 0 Å². The average Bonchev–Trinajstić information content (AvgIpc) is 2.35. The van der Waals surface area contributed by atoms with Gasteiger partial charge in [-0.2, -0.15) is 0 Å². The van der Waals surface area contributed by atoms with E-state index >= 15 is 0 Å². The molecule has 0 heterocycles. The third-order valence-electron chi connectivity index (χ3n) is 2.71. The van der Waals surface area contributed by atoms with Crippen molar-refractivity contribution in [3.05, 3.63) is 68.9 Å². The van der Waals surface area contributed by atoms with Crippen LogP contribution in [-0.2, 0) is 6.42 Å². The fourth-order valence-corrected chi connectivity index (χ4v) is 2.46. The smallest absolute Gasteiger partial charge is 0.163 e. The quantitative estimate of drug-likeness (QED) is 0.711. The summed E-state index contributed by atoms with van der Waals surface area (Å²) in [5.41, 5.74) is 1.38. The van der Waals surface area contributed by atoms with Crippen molar-refractivity contribution >= 4 is 33.3 Å². The summed E-state index contributed by atoms with van der Waals surface area (Å²) in [5.74, 6) is -0.348. The second-order valence-electron chi connectivity index (χ2n) is 4.21. The zero-order valence-corrected chi connectivity index (χ0v) is 12.3. The molecule has 0 atom stereocenters. The number of carbonyl (C=O) groups excluding carboxylic acids is 1. The molecule has 0 fully saturated rings. The molecule has 0 amide bonds. The van der Waals surface area contributed by atoms with Crippen LogP contribution in [0.2, 0.25) is 5.02 Å². The number of ketones is 1. The molecule has 0 radical (unpaired) electrons. The highest BCUT2D eigenvalue weighted by atomic mass is 79.9. The first-order valence-electron chi connectivity index (χ1n) is 5.78. The van der Waals surface area contributed by atoms with Gasteiger partial charge in [0.1, 0.15) is 5.82 Å². The zero-order valence-electron chi connectivity index (χ0n) is 10.00. The summed E-state index contributed by atoms with van der Waals surface area (Å²) in [6.45, 7) is 0. The molecule has 0 spiro atoms. The van der Waals surface area contributed by atoms with Gasteiger partial charge in [0, 0.05) is 21.5 Å².